The highest BCUT2D eigenvalue weighted by molar-refractivity contribution is 6.29. The van der Waals surface area contributed by atoms with E-state index in [-0.39, 0.29) is 6.10 Å². The number of hydrogen-bond donors (Lipinski definition) is 2. The molecule has 0 saturated heterocycles. The molecular formula is C14H14ClN3O. The summed E-state index contributed by atoms with van der Waals surface area (Å²) in [6.45, 7) is 0.668. The maximum Gasteiger partial charge on any atom is 0.133 e. The maximum atomic E-state index is 5.86. The molecular weight excluding hydrogens is 262 g/mol. The number of rotatable bonds is 3. The molecule has 1 aromatic carbocycles. The SMILES string of the molecule is Nc1cc(Cl)nc(NCC2Cc3ccccc3O2)c1. The average Bonchev–Trinajstić information content (AvgIpc) is 2.78. The number of halogens is 1. The maximum absolute atomic E-state index is 5.86. The van der Waals surface area contributed by atoms with Gasteiger partial charge in [-0.1, -0.05) is 29.8 Å². The number of fused-ring (bicyclic) bond motifs is 1. The van der Waals surface area contributed by atoms with Crippen LogP contribution in [0.5, 0.6) is 5.75 Å². The van der Waals surface area contributed by atoms with Crippen molar-refractivity contribution in [3.05, 3.63) is 47.1 Å². The number of hydrogen-bond acceptors (Lipinski definition) is 4. The predicted molar refractivity (Wildman–Crippen MR) is 76.7 cm³/mol. The van der Waals surface area contributed by atoms with Crippen molar-refractivity contribution in [3.8, 4) is 5.75 Å². The Kier molecular flexibility index (Phi) is 3.17. The minimum absolute atomic E-state index is 0.111. The van der Waals surface area contributed by atoms with Gasteiger partial charge in [0.25, 0.3) is 0 Å². The zero-order valence-corrected chi connectivity index (χ0v) is 11.0. The van der Waals surface area contributed by atoms with Crippen molar-refractivity contribution in [2.75, 3.05) is 17.6 Å². The first-order valence-corrected chi connectivity index (χ1v) is 6.50. The number of aromatic nitrogens is 1. The van der Waals surface area contributed by atoms with Crippen molar-refractivity contribution in [3.63, 3.8) is 0 Å². The minimum Gasteiger partial charge on any atom is -0.488 e. The van der Waals surface area contributed by atoms with Gasteiger partial charge in [0.2, 0.25) is 0 Å². The van der Waals surface area contributed by atoms with Crippen LogP contribution in [-0.4, -0.2) is 17.6 Å². The first kappa shape index (κ1) is 12.1. The number of nitrogens with two attached hydrogens (primary N) is 1. The highest BCUT2D eigenvalue weighted by atomic mass is 35.5. The van der Waals surface area contributed by atoms with Gasteiger partial charge in [-0.25, -0.2) is 4.98 Å². The second-order valence-electron chi connectivity index (χ2n) is 4.54. The number of nitrogen functional groups attached to an aromatic ring is 1. The monoisotopic (exact) mass is 275 g/mol. The van der Waals surface area contributed by atoms with Crippen LogP contribution in [-0.2, 0) is 6.42 Å². The molecule has 0 aliphatic carbocycles. The lowest BCUT2D eigenvalue weighted by atomic mass is 10.1. The smallest absolute Gasteiger partial charge is 0.133 e. The summed E-state index contributed by atoms with van der Waals surface area (Å²) in [7, 11) is 0. The summed E-state index contributed by atoms with van der Waals surface area (Å²) in [5, 5.41) is 3.59. The molecule has 0 bridgehead atoms. The van der Waals surface area contributed by atoms with Crippen LogP contribution in [0.3, 0.4) is 0 Å². The zero-order chi connectivity index (χ0) is 13.2. The summed E-state index contributed by atoms with van der Waals surface area (Å²) in [6.07, 6.45) is 1.01. The van der Waals surface area contributed by atoms with E-state index in [1.165, 1.54) is 5.56 Å². The first-order valence-electron chi connectivity index (χ1n) is 6.12. The molecule has 0 radical (unpaired) electrons. The van der Waals surface area contributed by atoms with Gasteiger partial charge in [0.15, 0.2) is 0 Å². The fraction of sp³-hybridized carbons (Fsp3) is 0.214. The fourth-order valence-corrected chi connectivity index (χ4v) is 2.41. The van der Waals surface area contributed by atoms with Gasteiger partial charge in [-0.05, 0) is 17.7 Å². The number of para-hydroxylation sites is 1. The molecule has 1 aliphatic rings. The van der Waals surface area contributed by atoms with E-state index in [1.54, 1.807) is 12.1 Å². The second kappa shape index (κ2) is 4.97. The normalized spacial score (nSPS) is 16.8. The summed E-state index contributed by atoms with van der Waals surface area (Å²) in [5.41, 5.74) is 7.56. The van der Waals surface area contributed by atoms with Crippen LogP contribution in [0.15, 0.2) is 36.4 Å². The van der Waals surface area contributed by atoms with Crippen molar-refractivity contribution in [2.45, 2.75) is 12.5 Å². The Balaban J connectivity index is 1.62. The van der Waals surface area contributed by atoms with Gasteiger partial charge in [-0.3, -0.25) is 0 Å². The van der Waals surface area contributed by atoms with E-state index in [1.807, 2.05) is 18.2 Å². The molecule has 1 atom stereocenters. The standard InChI is InChI=1S/C14H14ClN3O/c15-13-6-10(16)7-14(18-13)17-8-11-5-9-3-1-2-4-12(9)19-11/h1-4,6-7,11H,5,8H2,(H3,16,17,18). The number of benzene rings is 1. The van der Waals surface area contributed by atoms with Gasteiger partial charge >= 0.3 is 0 Å². The quantitative estimate of drug-likeness (QED) is 0.846. The Hall–Kier alpha value is -1.94. The van der Waals surface area contributed by atoms with Crippen molar-refractivity contribution in [2.24, 2.45) is 0 Å². The molecule has 0 amide bonds. The van der Waals surface area contributed by atoms with Crippen molar-refractivity contribution >= 4 is 23.1 Å². The molecule has 3 rings (SSSR count). The third-order valence-corrected chi connectivity index (χ3v) is 3.23. The van der Waals surface area contributed by atoms with Crippen LogP contribution >= 0.6 is 11.6 Å². The van der Waals surface area contributed by atoms with Gasteiger partial charge in [0, 0.05) is 18.2 Å². The first-order chi connectivity index (χ1) is 9.20. The number of nitrogens with one attached hydrogen (secondary N) is 1. The van der Waals surface area contributed by atoms with Crippen LogP contribution in [0.4, 0.5) is 11.5 Å². The van der Waals surface area contributed by atoms with Crippen LogP contribution in [0, 0.1) is 0 Å². The summed E-state index contributed by atoms with van der Waals surface area (Å²) >= 11 is 5.86. The Morgan fingerprint density at radius 1 is 1.37 bits per heavy atom. The Labute approximate surface area is 116 Å². The number of anilines is 2. The molecule has 0 fully saturated rings. The van der Waals surface area contributed by atoms with Crippen LogP contribution in [0.2, 0.25) is 5.15 Å². The predicted octanol–water partition coefficient (Wildman–Crippen LogP) is 2.73. The second-order valence-corrected chi connectivity index (χ2v) is 4.93. The average molecular weight is 276 g/mol. The Bertz CT molecular complexity index is 558. The van der Waals surface area contributed by atoms with E-state index in [2.05, 4.69) is 16.4 Å². The summed E-state index contributed by atoms with van der Waals surface area (Å²) in [5.74, 6) is 1.64. The molecule has 1 unspecified atom stereocenters. The van der Waals surface area contributed by atoms with Crippen molar-refractivity contribution < 1.29 is 4.74 Å². The lowest BCUT2D eigenvalue weighted by Crippen LogP contribution is -2.24. The molecule has 1 aromatic heterocycles. The minimum atomic E-state index is 0.111. The third-order valence-electron chi connectivity index (χ3n) is 3.04. The van der Waals surface area contributed by atoms with Crippen LogP contribution in [0.25, 0.3) is 0 Å². The highest BCUT2D eigenvalue weighted by Crippen LogP contribution is 2.28. The van der Waals surface area contributed by atoms with E-state index in [0.717, 1.165) is 12.2 Å². The Morgan fingerprint density at radius 3 is 3.00 bits per heavy atom. The Morgan fingerprint density at radius 2 is 2.21 bits per heavy atom. The number of pyridine rings is 1. The topological polar surface area (TPSA) is 60.2 Å². The largest absolute Gasteiger partial charge is 0.488 e. The molecule has 2 aromatic rings. The van der Waals surface area contributed by atoms with E-state index >= 15 is 0 Å². The van der Waals surface area contributed by atoms with Crippen LogP contribution in [0.1, 0.15) is 5.56 Å². The number of ether oxygens (including phenoxy) is 1. The van der Waals surface area contributed by atoms with Crippen LogP contribution < -0.4 is 15.8 Å². The molecule has 5 heteroatoms. The van der Waals surface area contributed by atoms with Gasteiger partial charge in [0.05, 0.1) is 6.54 Å². The molecule has 0 spiro atoms. The zero-order valence-electron chi connectivity index (χ0n) is 10.3. The number of nitrogens with zero attached hydrogens (tertiary/aromatic N) is 1. The molecule has 98 valence electrons. The lowest BCUT2D eigenvalue weighted by Gasteiger charge is -2.12. The van der Waals surface area contributed by atoms with Gasteiger partial charge in [0.1, 0.15) is 22.8 Å². The van der Waals surface area contributed by atoms with E-state index in [9.17, 15) is 0 Å². The van der Waals surface area contributed by atoms with Crippen molar-refractivity contribution in [1.29, 1.82) is 0 Å². The highest BCUT2D eigenvalue weighted by Gasteiger charge is 2.21. The summed E-state index contributed by atoms with van der Waals surface area (Å²) in [6, 6.07) is 11.5. The molecule has 2 heterocycles. The molecule has 1 aliphatic heterocycles. The molecule has 19 heavy (non-hydrogen) atoms. The lowest BCUT2D eigenvalue weighted by molar-refractivity contribution is 0.246. The third kappa shape index (κ3) is 2.74. The molecule has 0 saturated carbocycles. The molecule has 3 N–H and O–H groups in total. The van der Waals surface area contributed by atoms with Crippen molar-refractivity contribution in [1.82, 2.24) is 4.98 Å². The fourth-order valence-electron chi connectivity index (χ4n) is 2.19. The summed E-state index contributed by atoms with van der Waals surface area (Å²) < 4.78 is 5.83. The van der Waals surface area contributed by atoms with E-state index in [0.29, 0.717) is 23.2 Å². The van der Waals surface area contributed by atoms with Gasteiger partial charge in [-0.2, -0.15) is 0 Å². The van der Waals surface area contributed by atoms with Gasteiger partial charge < -0.3 is 15.8 Å². The van der Waals surface area contributed by atoms with Gasteiger partial charge in [-0.15, -0.1) is 0 Å². The van der Waals surface area contributed by atoms with E-state index in [4.69, 9.17) is 22.1 Å². The summed E-state index contributed by atoms with van der Waals surface area (Å²) in [4.78, 5) is 4.16. The molecule has 4 nitrogen and oxygen atoms in total. The van der Waals surface area contributed by atoms with E-state index < -0.39 is 0 Å².